The molecule has 114 valence electrons. The average molecular weight is 308 g/mol. The van der Waals surface area contributed by atoms with Crippen molar-refractivity contribution in [1.29, 1.82) is 0 Å². The molecule has 1 heterocycles. The molecule has 0 aromatic heterocycles. The first-order chi connectivity index (χ1) is 9.97. The van der Waals surface area contributed by atoms with E-state index in [0.717, 1.165) is 29.2 Å². The number of anilines is 1. The molecule has 0 bridgehead atoms. The summed E-state index contributed by atoms with van der Waals surface area (Å²) in [6.45, 7) is 4.54. The van der Waals surface area contributed by atoms with Gasteiger partial charge in [-0.2, -0.15) is 11.8 Å². The fraction of sp³-hybridized carbons (Fsp3) is 0.467. The summed E-state index contributed by atoms with van der Waals surface area (Å²) in [6, 6.07) is 3.52. The predicted molar refractivity (Wildman–Crippen MR) is 85.2 cm³/mol. The Morgan fingerprint density at radius 1 is 1.43 bits per heavy atom. The van der Waals surface area contributed by atoms with Crippen molar-refractivity contribution < 1.29 is 14.7 Å². The maximum absolute atomic E-state index is 12.1. The molecule has 2 rings (SSSR count). The number of thioether (sulfide) groups is 1. The number of hydrogen-bond donors (Lipinski definition) is 3. The normalized spacial score (nSPS) is 18.3. The first kappa shape index (κ1) is 15.9. The van der Waals surface area contributed by atoms with Crippen molar-refractivity contribution in [3.8, 4) is 0 Å². The summed E-state index contributed by atoms with van der Waals surface area (Å²) in [6.07, 6.45) is 0.405. The Labute approximate surface area is 128 Å². The van der Waals surface area contributed by atoms with Gasteiger partial charge in [-0.3, -0.25) is 4.79 Å². The highest BCUT2D eigenvalue weighted by Gasteiger charge is 2.17. The van der Waals surface area contributed by atoms with Crippen molar-refractivity contribution >= 4 is 29.3 Å². The summed E-state index contributed by atoms with van der Waals surface area (Å²) in [5, 5.41) is 15.3. The molecule has 5 nitrogen and oxygen atoms in total. The van der Waals surface area contributed by atoms with Gasteiger partial charge < -0.3 is 15.7 Å². The van der Waals surface area contributed by atoms with Crippen LogP contribution in [-0.4, -0.2) is 41.1 Å². The molecule has 3 N–H and O–H groups in total. The minimum atomic E-state index is -0.975. The summed E-state index contributed by atoms with van der Waals surface area (Å²) in [7, 11) is 0. The highest BCUT2D eigenvalue weighted by Crippen LogP contribution is 2.20. The lowest BCUT2D eigenvalue weighted by Gasteiger charge is -2.22. The highest BCUT2D eigenvalue weighted by molar-refractivity contribution is 7.99. The monoisotopic (exact) mass is 308 g/mol. The molecule has 0 saturated carbocycles. The Balaban J connectivity index is 2.05. The van der Waals surface area contributed by atoms with Gasteiger partial charge in [0.05, 0.1) is 5.56 Å². The van der Waals surface area contributed by atoms with Crippen LogP contribution in [0, 0.1) is 13.8 Å². The molecule has 1 unspecified atom stereocenters. The largest absolute Gasteiger partial charge is 0.478 e. The third kappa shape index (κ3) is 4.22. The Morgan fingerprint density at radius 2 is 2.19 bits per heavy atom. The van der Waals surface area contributed by atoms with Gasteiger partial charge in [-0.05, 0) is 37.1 Å². The molecule has 1 aliphatic rings. The number of carbonyl (C=O) groups is 2. The molecular weight excluding hydrogens is 288 g/mol. The fourth-order valence-electron chi connectivity index (χ4n) is 2.34. The van der Waals surface area contributed by atoms with Crippen LogP contribution < -0.4 is 10.6 Å². The van der Waals surface area contributed by atoms with Gasteiger partial charge in [-0.15, -0.1) is 0 Å². The summed E-state index contributed by atoms with van der Waals surface area (Å²) in [5.41, 5.74) is 2.36. The summed E-state index contributed by atoms with van der Waals surface area (Å²) >= 11 is 1.84. The zero-order valence-electron chi connectivity index (χ0n) is 12.2. The van der Waals surface area contributed by atoms with Crippen LogP contribution in [0.2, 0.25) is 0 Å². The zero-order valence-corrected chi connectivity index (χ0v) is 13.0. The van der Waals surface area contributed by atoms with Crippen molar-refractivity contribution in [3.05, 3.63) is 28.8 Å². The second-order valence-electron chi connectivity index (χ2n) is 5.25. The highest BCUT2D eigenvalue weighted by atomic mass is 32.2. The molecule has 6 heteroatoms. The van der Waals surface area contributed by atoms with Crippen LogP contribution in [0.3, 0.4) is 0 Å². The number of hydrogen-bond acceptors (Lipinski definition) is 4. The van der Waals surface area contributed by atoms with E-state index >= 15 is 0 Å². The van der Waals surface area contributed by atoms with Gasteiger partial charge >= 0.3 is 5.97 Å². The van der Waals surface area contributed by atoms with Crippen LogP contribution in [0.25, 0.3) is 0 Å². The van der Waals surface area contributed by atoms with Crippen LogP contribution in [0.5, 0.6) is 0 Å². The number of aromatic carboxylic acids is 1. The van der Waals surface area contributed by atoms with Crippen LogP contribution >= 0.6 is 11.8 Å². The second kappa shape index (κ2) is 6.95. The number of rotatable bonds is 4. The van der Waals surface area contributed by atoms with Crippen LogP contribution in [0.15, 0.2) is 12.1 Å². The lowest BCUT2D eigenvalue weighted by Crippen LogP contribution is -2.39. The number of carboxylic acids is 1. The number of aryl methyl sites for hydroxylation is 1. The average Bonchev–Trinajstić information content (AvgIpc) is 2.43. The quantitative estimate of drug-likeness (QED) is 0.793. The Hall–Kier alpha value is -1.53. The van der Waals surface area contributed by atoms with E-state index in [9.17, 15) is 14.7 Å². The fourth-order valence-corrected chi connectivity index (χ4v) is 3.29. The van der Waals surface area contributed by atoms with E-state index in [1.165, 1.54) is 6.07 Å². The van der Waals surface area contributed by atoms with E-state index in [0.29, 0.717) is 12.1 Å². The first-order valence-electron chi connectivity index (χ1n) is 6.93. The summed E-state index contributed by atoms with van der Waals surface area (Å²) < 4.78 is 0. The Kier molecular flexibility index (Phi) is 5.25. The van der Waals surface area contributed by atoms with Crippen LogP contribution in [0.4, 0.5) is 5.69 Å². The van der Waals surface area contributed by atoms with Gasteiger partial charge in [0.2, 0.25) is 5.91 Å². The molecule has 0 spiro atoms. The maximum Gasteiger partial charge on any atom is 0.336 e. The molecule has 1 aromatic rings. The molecule has 21 heavy (non-hydrogen) atoms. The van der Waals surface area contributed by atoms with E-state index in [4.69, 9.17) is 0 Å². The van der Waals surface area contributed by atoms with Crippen molar-refractivity contribution in [2.75, 3.05) is 23.4 Å². The molecule has 1 aliphatic heterocycles. The molecular formula is C15H20N2O3S. The van der Waals surface area contributed by atoms with Crippen molar-refractivity contribution in [3.63, 3.8) is 0 Å². The van der Waals surface area contributed by atoms with Crippen molar-refractivity contribution in [1.82, 2.24) is 5.32 Å². The number of carbonyl (C=O) groups excluding carboxylic acids is 1. The van der Waals surface area contributed by atoms with Crippen molar-refractivity contribution in [2.45, 2.75) is 26.3 Å². The van der Waals surface area contributed by atoms with E-state index in [-0.39, 0.29) is 17.5 Å². The van der Waals surface area contributed by atoms with Gasteiger partial charge in [-0.1, -0.05) is 0 Å². The lowest BCUT2D eigenvalue weighted by molar-refractivity contribution is -0.116. The SMILES string of the molecule is Cc1cc(NC(=O)CC2CSCCN2)cc(C(=O)O)c1C. The van der Waals surface area contributed by atoms with Gasteiger partial charge in [-0.25, -0.2) is 4.79 Å². The summed E-state index contributed by atoms with van der Waals surface area (Å²) in [4.78, 5) is 23.3. The smallest absolute Gasteiger partial charge is 0.336 e. The summed E-state index contributed by atoms with van der Waals surface area (Å²) in [5.74, 6) is 0.949. The van der Waals surface area contributed by atoms with Crippen LogP contribution in [0.1, 0.15) is 27.9 Å². The topological polar surface area (TPSA) is 78.4 Å². The number of benzene rings is 1. The van der Waals surface area contributed by atoms with Crippen molar-refractivity contribution in [2.24, 2.45) is 0 Å². The van der Waals surface area contributed by atoms with E-state index in [1.807, 2.05) is 24.8 Å². The lowest BCUT2D eigenvalue weighted by atomic mass is 10.0. The van der Waals surface area contributed by atoms with E-state index < -0.39 is 5.97 Å². The second-order valence-corrected chi connectivity index (χ2v) is 6.40. The van der Waals surface area contributed by atoms with Gasteiger partial charge in [0.25, 0.3) is 0 Å². The number of nitrogens with one attached hydrogen (secondary N) is 2. The predicted octanol–water partition coefficient (Wildman–Crippen LogP) is 2.04. The molecule has 1 saturated heterocycles. The first-order valence-corrected chi connectivity index (χ1v) is 8.08. The maximum atomic E-state index is 12.1. The Bertz CT molecular complexity index is 554. The third-order valence-corrected chi connectivity index (χ3v) is 4.74. The standard InChI is InChI=1S/C15H20N2O3S/c1-9-5-11(6-13(10(9)2)15(19)20)17-14(18)7-12-8-21-4-3-16-12/h5-6,12,16H,3-4,7-8H2,1-2H3,(H,17,18)(H,19,20). The molecule has 0 radical (unpaired) electrons. The number of amides is 1. The molecule has 0 aliphatic carbocycles. The van der Waals surface area contributed by atoms with Gasteiger partial charge in [0.15, 0.2) is 0 Å². The van der Waals surface area contributed by atoms with Crippen LogP contribution in [-0.2, 0) is 4.79 Å². The van der Waals surface area contributed by atoms with Gasteiger partial charge in [0.1, 0.15) is 0 Å². The minimum Gasteiger partial charge on any atom is -0.478 e. The zero-order chi connectivity index (χ0) is 15.4. The number of carboxylic acid groups (broad SMARTS) is 1. The van der Waals surface area contributed by atoms with E-state index in [1.54, 1.807) is 6.92 Å². The molecule has 1 aromatic carbocycles. The molecule has 1 fully saturated rings. The molecule has 1 atom stereocenters. The van der Waals surface area contributed by atoms with E-state index in [2.05, 4.69) is 10.6 Å². The Morgan fingerprint density at radius 3 is 2.81 bits per heavy atom. The molecule has 1 amide bonds. The minimum absolute atomic E-state index is 0.0883. The van der Waals surface area contributed by atoms with Gasteiger partial charge in [0, 0.05) is 36.2 Å². The third-order valence-electron chi connectivity index (χ3n) is 3.61.